The Morgan fingerprint density at radius 1 is 1.32 bits per heavy atom. The summed E-state index contributed by atoms with van der Waals surface area (Å²) >= 11 is 0. The van der Waals surface area contributed by atoms with Crippen LogP contribution in [0.1, 0.15) is 12.5 Å². The lowest BCUT2D eigenvalue weighted by Crippen LogP contribution is -2.64. The molecule has 1 aromatic rings. The maximum absolute atomic E-state index is 11.3. The molecule has 0 unspecified atom stereocenters. The van der Waals surface area contributed by atoms with Crippen LogP contribution in [0.2, 0.25) is 0 Å². The zero-order valence-electron chi connectivity index (χ0n) is 12.3. The number of amides is 1. The molecule has 0 radical (unpaired) electrons. The van der Waals surface area contributed by atoms with Gasteiger partial charge in [0.05, 0.1) is 13.2 Å². The van der Waals surface area contributed by atoms with E-state index < -0.39 is 37.3 Å². The molecule has 5 atom stereocenters. The Hall–Kier alpha value is -1.51. The van der Waals surface area contributed by atoms with E-state index in [9.17, 15) is 20.1 Å². The van der Waals surface area contributed by atoms with E-state index in [1.807, 2.05) is 30.3 Å². The van der Waals surface area contributed by atoms with E-state index in [0.29, 0.717) is 0 Å². The smallest absolute Gasteiger partial charge is 0.217 e. The molecule has 1 aromatic carbocycles. The van der Waals surface area contributed by atoms with Crippen LogP contribution in [0.4, 0.5) is 0 Å². The van der Waals surface area contributed by atoms with Gasteiger partial charge in [-0.15, -0.1) is 0 Å². The van der Waals surface area contributed by atoms with Crippen LogP contribution in [-0.4, -0.2) is 58.5 Å². The Bertz CT molecular complexity index is 482. The molecular weight excluding hydrogens is 290 g/mol. The van der Waals surface area contributed by atoms with Crippen LogP contribution in [0.15, 0.2) is 30.3 Å². The van der Waals surface area contributed by atoms with Gasteiger partial charge in [0.1, 0.15) is 24.4 Å². The lowest BCUT2D eigenvalue weighted by atomic mass is 9.96. The molecule has 1 aliphatic rings. The van der Waals surface area contributed by atoms with Crippen LogP contribution < -0.4 is 5.32 Å². The first-order valence-corrected chi connectivity index (χ1v) is 7.08. The summed E-state index contributed by atoms with van der Waals surface area (Å²) in [5, 5.41) is 31.9. The third-order valence-electron chi connectivity index (χ3n) is 3.53. The van der Waals surface area contributed by atoms with E-state index in [0.717, 1.165) is 5.56 Å². The van der Waals surface area contributed by atoms with Crippen molar-refractivity contribution in [3.05, 3.63) is 35.9 Å². The fraction of sp³-hybridized carbons (Fsp3) is 0.533. The number of aliphatic hydroxyl groups excluding tert-OH is 3. The Balaban J connectivity index is 2.10. The lowest BCUT2D eigenvalue weighted by molar-refractivity contribution is -0.263. The molecule has 1 fully saturated rings. The molecule has 1 aliphatic heterocycles. The number of nitrogens with one attached hydrogen (secondary N) is 1. The highest BCUT2D eigenvalue weighted by Crippen LogP contribution is 2.23. The largest absolute Gasteiger partial charge is 0.394 e. The molecule has 1 saturated heterocycles. The highest BCUT2D eigenvalue weighted by molar-refractivity contribution is 5.73. The number of carbonyl (C=O) groups is 1. The van der Waals surface area contributed by atoms with Crippen LogP contribution in [0.3, 0.4) is 0 Å². The van der Waals surface area contributed by atoms with Gasteiger partial charge >= 0.3 is 0 Å². The van der Waals surface area contributed by atoms with Crippen molar-refractivity contribution in [2.45, 2.75) is 44.2 Å². The van der Waals surface area contributed by atoms with E-state index in [-0.39, 0.29) is 12.5 Å². The fourth-order valence-electron chi connectivity index (χ4n) is 2.44. The predicted molar refractivity (Wildman–Crippen MR) is 76.6 cm³/mol. The summed E-state index contributed by atoms with van der Waals surface area (Å²) < 4.78 is 10.8. The van der Waals surface area contributed by atoms with Gasteiger partial charge in [-0.25, -0.2) is 0 Å². The first-order valence-electron chi connectivity index (χ1n) is 7.08. The molecule has 2 rings (SSSR count). The molecule has 7 heteroatoms. The number of hydrogen-bond acceptors (Lipinski definition) is 6. The van der Waals surface area contributed by atoms with Gasteiger partial charge < -0.3 is 30.1 Å². The maximum Gasteiger partial charge on any atom is 0.217 e. The van der Waals surface area contributed by atoms with Crippen molar-refractivity contribution in [3.63, 3.8) is 0 Å². The van der Waals surface area contributed by atoms with E-state index in [1.165, 1.54) is 6.92 Å². The van der Waals surface area contributed by atoms with Crippen molar-refractivity contribution in [3.8, 4) is 0 Å². The van der Waals surface area contributed by atoms with Crippen LogP contribution in [0.25, 0.3) is 0 Å². The Morgan fingerprint density at radius 2 is 2.00 bits per heavy atom. The van der Waals surface area contributed by atoms with Gasteiger partial charge in [0.25, 0.3) is 0 Å². The quantitative estimate of drug-likeness (QED) is 0.564. The molecule has 22 heavy (non-hydrogen) atoms. The van der Waals surface area contributed by atoms with Crippen LogP contribution >= 0.6 is 0 Å². The van der Waals surface area contributed by atoms with Crippen molar-refractivity contribution in [2.24, 2.45) is 0 Å². The number of benzene rings is 1. The number of carbonyl (C=O) groups excluding carboxylic acids is 1. The molecule has 1 amide bonds. The molecule has 0 bridgehead atoms. The second-order valence-corrected chi connectivity index (χ2v) is 5.23. The Kier molecular flexibility index (Phi) is 5.87. The average Bonchev–Trinajstić information content (AvgIpc) is 2.50. The zero-order valence-corrected chi connectivity index (χ0v) is 12.3. The molecule has 0 spiro atoms. The Labute approximate surface area is 128 Å². The van der Waals surface area contributed by atoms with Crippen molar-refractivity contribution in [2.75, 3.05) is 6.61 Å². The number of hydrogen-bond donors (Lipinski definition) is 4. The summed E-state index contributed by atoms with van der Waals surface area (Å²) in [5.41, 5.74) is 0.887. The van der Waals surface area contributed by atoms with Gasteiger partial charge in [0, 0.05) is 6.92 Å². The molecule has 0 aromatic heterocycles. The summed E-state index contributed by atoms with van der Waals surface area (Å²) in [5.74, 6) is -0.379. The standard InChI is InChI=1S/C15H21NO6/c1-9(18)16-12-14(13(19)11(7-17)22-15(12)20)21-8-10-5-3-2-4-6-10/h2-6,11-15,17,19-20H,7-8H2,1H3,(H,16,18)/t11-,12-,13+,14+,15-/m1/s1. The van der Waals surface area contributed by atoms with Gasteiger partial charge in [-0.2, -0.15) is 0 Å². The van der Waals surface area contributed by atoms with Crippen molar-refractivity contribution in [1.82, 2.24) is 5.32 Å². The van der Waals surface area contributed by atoms with Crippen LogP contribution in [-0.2, 0) is 20.9 Å². The summed E-state index contributed by atoms with van der Waals surface area (Å²) in [7, 11) is 0. The molecule has 0 aliphatic carbocycles. The van der Waals surface area contributed by atoms with Gasteiger partial charge in [0.15, 0.2) is 6.29 Å². The second kappa shape index (κ2) is 7.66. The SMILES string of the molecule is CC(=O)N[C@@H]1[C@H](OCc2ccccc2)[C@@H](O)[C@@H](CO)O[C@H]1O. The molecule has 7 nitrogen and oxygen atoms in total. The van der Waals surface area contributed by atoms with Crippen LogP contribution in [0, 0.1) is 0 Å². The molecule has 1 heterocycles. The highest BCUT2D eigenvalue weighted by atomic mass is 16.6. The second-order valence-electron chi connectivity index (χ2n) is 5.23. The summed E-state index contributed by atoms with van der Waals surface area (Å²) in [6, 6.07) is 8.39. The van der Waals surface area contributed by atoms with Gasteiger partial charge in [0.2, 0.25) is 5.91 Å². The third-order valence-corrected chi connectivity index (χ3v) is 3.53. The van der Waals surface area contributed by atoms with Gasteiger partial charge in [-0.3, -0.25) is 4.79 Å². The predicted octanol–water partition coefficient (Wildman–Crippen LogP) is -0.853. The first kappa shape index (κ1) is 16.9. The molecular formula is C15H21NO6. The van der Waals surface area contributed by atoms with Crippen LogP contribution in [0.5, 0.6) is 0 Å². The average molecular weight is 311 g/mol. The van der Waals surface area contributed by atoms with E-state index in [2.05, 4.69) is 5.32 Å². The Morgan fingerprint density at radius 3 is 2.59 bits per heavy atom. The van der Waals surface area contributed by atoms with Crippen molar-refractivity contribution in [1.29, 1.82) is 0 Å². The summed E-state index contributed by atoms with van der Waals surface area (Å²) in [6.07, 6.45) is -4.41. The normalized spacial score (nSPS) is 31.7. The number of ether oxygens (including phenoxy) is 2. The molecule has 0 saturated carbocycles. The van der Waals surface area contributed by atoms with E-state index in [4.69, 9.17) is 9.47 Å². The first-order chi connectivity index (χ1) is 10.5. The van der Waals surface area contributed by atoms with E-state index in [1.54, 1.807) is 0 Å². The minimum atomic E-state index is -1.37. The lowest BCUT2D eigenvalue weighted by Gasteiger charge is -2.42. The minimum Gasteiger partial charge on any atom is -0.394 e. The fourth-order valence-corrected chi connectivity index (χ4v) is 2.44. The van der Waals surface area contributed by atoms with Crippen molar-refractivity contribution < 1.29 is 29.6 Å². The van der Waals surface area contributed by atoms with Gasteiger partial charge in [-0.05, 0) is 5.56 Å². The summed E-state index contributed by atoms with van der Waals surface area (Å²) in [4.78, 5) is 11.3. The highest BCUT2D eigenvalue weighted by Gasteiger charge is 2.45. The topological polar surface area (TPSA) is 108 Å². The number of aliphatic hydroxyl groups is 3. The third kappa shape index (κ3) is 4.02. The van der Waals surface area contributed by atoms with Gasteiger partial charge in [-0.1, -0.05) is 30.3 Å². The molecule has 4 N–H and O–H groups in total. The maximum atomic E-state index is 11.3. The van der Waals surface area contributed by atoms with E-state index >= 15 is 0 Å². The summed E-state index contributed by atoms with van der Waals surface area (Å²) in [6.45, 7) is 1.03. The molecule has 122 valence electrons. The van der Waals surface area contributed by atoms with Crippen molar-refractivity contribution >= 4 is 5.91 Å². The monoisotopic (exact) mass is 311 g/mol. The zero-order chi connectivity index (χ0) is 16.1. The number of rotatable bonds is 5. The minimum absolute atomic E-state index is 0.198.